The van der Waals surface area contributed by atoms with Crippen molar-refractivity contribution in [3.8, 4) is 0 Å². The fourth-order valence-electron chi connectivity index (χ4n) is 2.51. The molecule has 0 radical (unpaired) electrons. The Morgan fingerprint density at radius 2 is 2.10 bits per heavy atom. The van der Waals surface area contributed by atoms with Crippen LogP contribution in [-0.2, 0) is 4.74 Å². The van der Waals surface area contributed by atoms with Crippen LogP contribution in [0.5, 0.6) is 0 Å². The van der Waals surface area contributed by atoms with Gasteiger partial charge in [-0.25, -0.2) is 4.79 Å². The van der Waals surface area contributed by atoms with Crippen molar-refractivity contribution >= 4 is 6.09 Å². The highest BCUT2D eigenvalue weighted by atomic mass is 16.6. The third kappa shape index (κ3) is 3.48. The number of aliphatic hydroxyl groups is 1. The van der Waals surface area contributed by atoms with Crippen LogP contribution >= 0.6 is 0 Å². The summed E-state index contributed by atoms with van der Waals surface area (Å²) in [6, 6.07) is 3.73. The first-order chi connectivity index (χ1) is 9.40. The van der Waals surface area contributed by atoms with E-state index in [2.05, 4.69) is 4.98 Å². The van der Waals surface area contributed by atoms with Crippen molar-refractivity contribution in [3.63, 3.8) is 0 Å². The van der Waals surface area contributed by atoms with E-state index >= 15 is 0 Å². The van der Waals surface area contributed by atoms with Crippen LogP contribution in [-0.4, -0.2) is 45.9 Å². The van der Waals surface area contributed by atoms with Crippen LogP contribution in [0.4, 0.5) is 4.79 Å². The molecule has 1 aliphatic heterocycles. The predicted molar refractivity (Wildman–Crippen MR) is 75.4 cm³/mol. The molecule has 0 bridgehead atoms. The van der Waals surface area contributed by atoms with E-state index in [1.807, 2.05) is 32.9 Å². The Morgan fingerprint density at radius 3 is 2.65 bits per heavy atom. The number of hydrogen-bond acceptors (Lipinski definition) is 4. The number of amides is 1. The average molecular weight is 278 g/mol. The monoisotopic (exact) mass is 278 g/mol. The smallest absolute Gasteiger partial charge is 0.410 e. The zero-order chi connectivity index (χ0) is 14.8. The highest BCUT2D eigenvalue weighted by Gasteiger charge is 2.37. The van der Waals surface area contributed by atoms with Gasteiger partial charge in [0.2, 0.25) is 0 Å². The van der Waals surface area contributed by atoms with Crippen LogP contribution < -0.4 is 0 Å². The van der Waals surface area contributed by atoms with Gasteiger partial charge < -0.3 is 14.7 Å². The molecular formula is C15H22N2O3. The number of aromatic nitrogens is 1. The topological polar surface area (TPSA) is 62.7 Å². The minimum absolute atomic E-state index is 0.0408. The quantitative estimate of drug-likeness (QED) is 0.900. The van der Waals surface area contributed by atoms with E-state index in [4.69, 9.17) is 4.74 Å². The van der Waals surface area contributed by atoms with Gasteiger partial charge in [0.25, 0.3) is 0 Å². The first-order valence-electron chi connectivity index (χ1n) is 6.91. The number of carbonyl (C=O) groups is 1. The lowest BCUT2D eigenvalue weighted by atomic mass is 9.98. The molecule has 1 aromatic rings. The number of hydrogen-bond donors (Lipinski definition) is 1. The SMILES string of the molecule is CC(C)(C)OC(=O)N1C[C@@H](c2ccncc2)CC1CO. The molecule has 2 atom stereocenters. The van der Waals surface area contributed by atoms with Crippen LogP contribution in [0, 0.1) is 0 Å². The van der Waals surface area contributed by atoms with Crippen LogP contribution in [0.1, 0.15) is 38.7 Å². The summed E-state index contributed by atoms with van der Waals surface area (Å²) in [6.45, 7) is 6.06. The van der Waals surface area contributed by atoms with Gasteiger partial charge in [0.05, 0.1) is 12.6 Å². The molecule has 110 valence electrons. The fourth-order valence-corrected chi connectivity index (χ4v) is 2.51. The molecule has 2 heterocycles. The van der Waals surface area contributed by atoms with Crippen molar-refractivity contribution in [2.45, 2.75) is 44.8 Å². The molecule has 1 fully saturated rings. The Morgan fingerprint density at radius 1 is 1.45 bits per heavy atom. The van der Waals surface area contributed by atoms with E-state index in [-0.39, 0.29) is 24.7 Å². The van der Waals surface area contributed by atoms with E-state index in [0.29, 0.717) is 6.54 Å². The van der Waals surface area contributed by atoms with Crippen LogP contribution in [0.2, 0.25) is 0 Å². The van der Waals surface area contributed by atoms with E-state index in [1.165, 1.54) is 0 Å². The minimum atomic E-state index is -0.522. The second kappa shape index (κ2) is 5.79. The van der Waals surface area contributed by atoms with Gasteiger partial charge in [0.15, 0.2) is 0 Å². The van der Waals surface area contributed by atoms with Gasteiger partial charge in [-0.2, -0.15) is 0 Å². The molecule has 1 aliphatic rings. The second-order valence-corrected chi connectivity index (χ2v) is 6.18. The number of nitrogens with zero attached hydrogens (tertiary/aromatic N) is 2. The number of ether oxygens (including phenoxy) is 1. The van der Waals surface area contributed by atoms with Crippen LogP contribution in [0.15, 0.2) is 24.5 Å². The lowest BCUT2D eigenvalue weighted by molar-refractivity contribution is 0.0174. The molecule has 0 saturated carbocycles. The Bertz CT molecular complexity index is 456. The maximum Gasteiger partial charge on any atom is 0.410 e. The summed E-state index contributed by atoms with van der Waals surface area (Å²) in [6.07, 6.45) is 3.90. The molecule has 0 aromatic carbocycles. The summed E-state index contributed by atoms with van der Waals surface area (Å²) >= 11 is 0. The van der Waals surface area contributed by atoms with Crippen LogP contribution in [0.25, 0.3) is 0 Å². The third-order valence-corrected chi connectivity index (χ3v) is 3.43. The number of carbonyl (C=O) groups excluding carboxylic acids is 1. The number of pyridine rings is 1. The first kappa shape index (κ1) is 14.8. The fraction of sp³-hybridized carbons (Fsp3) is 0.600. The molecular weight excluding hydrogens is 256 g/mol. The van der Waals surface area contributed by atoms with Gasteiger partial charge in [0, 0.05) is 24.9 Å². The normalized spacial score (nSPS) is 22.9. The molecule has 0 aliphatic carbocycles. The highest BCUT2D eigenvalue weighted by Crippen LogP contribution is 2.32. The van der Waals surface area contributed by atoms with Crippen molar-refractivity contribution in [2.24, 2.45) is 0 Å². The minimum Gasteiger partial charge on any atom is -0.444 e. The summed E-state index contributed by atoms with van der Waals surface area (Å²) in [5.41, 5.74) is 0.621. The van der Waals surface area contributed by atoms with Crippen LogP contribution in [0.3, 0.4) is 0 Å². The van der Waals surface area contributed by atoms with Crippen molar-refractivity contribution in [1.82, 2.24) is 9.88 Å². The average Bonchev–Trinajstić information content (AvgIpc) is 2.82. The lowest BCUT2D eigenvalue weighted by Gasteiger charge is -2.27. The lowest BCUT2D eigenvalue weighted by Crippen LogP contribution is -2.41. The third-order valence-electron chi connectivity index (χ3n) is 3.43. The largest absolute Gasteiger partial charge is 0.444 e. The summed E-state index contributed by atoms with van der Waals surface area (Å²) in [4.78, 5) is 17.8. The van der Waals surface area contributed by atoms with Gasteiger partial charge in [-0.1, -0.05) is 0 Å². The summed E-state index contributed by atoms with van der Waals surface area (Å²) < 4.78 is 5.40. The Labute approximate surface area is 119 Å². The highest BCUT2D eigenvalue weighted by molar-refractivity contribution is 5.69. The van der Waals surface area contributed by atoms with E-state index in [9.17, 15) is 9.90 Å². The van der Waals surface area contributed by atoms with Gasteiger partial charge >= 0.3 is 6.09 Å². The van der Waals surface area contributed by atoms with E-state index < -0.39 is 5.60 Å². The molecule has 1 saturated heterocycles. The molecule has 1 N–H and O–H groups in total. The number of aliphatic hydroxyl groups excluding tert-OH is 1. The zero-order valence-electron chi connectivity index (χ0n) is 12.2. The Hall–Kier alpha value is -1.62. The summed E-state index contributed by atoms with van der Waals surface area (Å²) in [7, 11) is 0. The van der Waals surface area contributed by atoms with Crippen molar-refractivity contribution in [1.29, 1.82) is 0 Å². The van der Waals surface area contributed by atoms with Gasteiger partial charge in [0.1, 0.15) is 5.60 Å². The molecule has 5 heteroatoms. The second-order valence-electron chi connectivity index (χ2n) is 6.18. The summed E-state index contributed by atoms with van der Waals surface area (Å²) in [5, 5.41) is 9.49. The molecule has 1 unspecified atom stereocenters. The molecule has 2 rings (SSSR count). The molecule has 1 amide bonds. The number of likely N-dealkylation sites (tertiary alicyclic amines) is 1. The van der Waals surface area contributed by atoms with Crippen molar-refractivity contribution < 1.29 is 14.6 Å². The number of rotatable bonds is 2. The van der Waals surface area contributed by atoms with E-state index in [0.717, 1.165) is 12.0 Å². The summed E-state index contributed by atoms with van der Waals surface area (Å²) in [5.74, 6) is 0.225. The first-order valence-corrected chi connectivity index (χ1v) is 6.91. The van der Waals surface area contributed by atoms with Gasteiger partial charge in [-0.3, -0.25) is 4.98 Å². The molecule has 5 nitrogen and oxygen atoms in total. The van der Waals surface area contributed by atoms with Gasteiger partial charge in [-0.15, -0.1) is 0 Å². The van der Waals surface area contributed by atoms with Gasteiger partial charge in [-0.05, 0) is 44.9 Å². The molecule has 0 spiro atoms. The zero-order valence-corrected chi connectivity index (χ0v) is 12.2. The maximum atomic E-state index is 12.2. The standard InChI is InChI=1S/C15H22N2O3/c1-15(2,3)20-14(19)17-9-12(8-13(17)10-18)11-4-6-16-7-5-11/h4-7,12-13,18H,8-10H2,1-3H3/t12-,13?/m0/s1. The maximum absolute atomic E-state index is 12.2. The molecule has 1 aromatic heterocycles. The predicted octanol–water partition coefficient (Wildman–Crippen LogP) is 2.17. The molecule has 20 heavy (non-hydrogen) atoms. The van der Waals surface area contributed by atoms with Crippen molar-refractivity contribution in [2.75, 3.05) is 13.2 Å². The Balaban J connectivity index is 2.09. The van der Waals surface area contributed by atoms with E-state index in [1.54, 1.807) is 17.3 Å². The Kier molecular flexibility index (Phi) is 4.28. The van der Waals surface area contributed by atoms with Crippen molar-refractivity contribution in [3.05, 3.63) is 30.1 Å².